The SMILES string of the molecule is CC1CCc2ccc(OC(F)F)cc2CNC1C. The molecule has 1 aliphatic rings. The van der Waals surface area contributed by atoms with Crippen LogP contribution in [0.2, 0.25) is 0 Å². The van der Waals surface area contributed by atoms with Gasteiger partial charge in [0.1, 0.15) is 5.75 Å². The highest BCUT2D eigenvalue weighted by molar-refractivity contribution is 5.36. The quantitative estimate of drug-likeness (QED) is 0.875. The summed E-state index contributed by atoms with van der Waals surface area (Å²) in [6.45, 7) is 2.34. The lowest BCUT2D eigenvalue weighted by Gasteiger charge is -2.26. The van der Waals surface area contributed by atoms with Crippen molar-refractivity contribution in [1.29, 1.82) is 0 Å². The molecule has 2 rings (SSSR count). The summed E-state index contributed by atoms with van der Waals surface area (Å²) in [6, 6.07) is 5.69. The number of hydrogen-bond acceptors (Lipinski definition) is 2. The number of rotatable bonds is 2. The van der Waals surface area contributed by atoms with Crippen LogP contribution in [0, 0.1) is 5.92 Å². The zero-order valence-corrected chi connectivity index (χ0v) is 10.7. The molecule has 0 fully saturated rings. The van der Waals surface area contributed by atoms with Gasteiger partial charge in [0.05, 0.1) is 0 Å². The number of nitrogens with one attached hydrogen (secondary N) is 1. The van der Waals surface area contributed by atoms with E-state index in [4.69, 9.17) is 0 Å². The first-order valence-electron chi connectivity index (χ1n) is 6.36. The Kier molecular flexibility index (Phi) is 4.17. The molecule has 2 atom stereocenters. The minimum atomic E-state index is -2.76. The molecule has 4 heteroatoms. The molecule has 0 aliphatic carbocycles. The van der Waals surface area contributed by atoms with Crippen LogP contribution in [0.1, 0.15) is 31.4 Å². The van der Waals surface area contributed by atoms with E-state index in [2.05, 4.69) is 23.9 Å². The fourth-order valence-corrected chi connectivity index (χ4v) is 2.29. The molecule has 2 unspecified atom stereocenters. The zero-order chi connectivity index (χ0) is 13.1. The molecular formula is C14H19F2NO. The second kappa shape index (κ2) is 5.65. The van der Waals surface area contributed by atoms with Gasteiger partial charge in [0, 0.05) is 12.6 Å². The van der Waals surface area contributed by atoms with Gasteiger partial charge in [-0.1, -0.05) is 13.0 Å². The van der Waals surface area contributed by atoms with Crippen molar-refractivity contribution in [3.8, 4) is 5.75 Å². The summed E-state index contributed by atoms with van der Waals surface area (Å²) in [5, 5.41) is 3.43. The van der Waals surface area contributed by atoms with Crippen LogP contribution in [0.25, 0.3) is 0 Å². The molecule has 1 aromatic rings. The number of hydrogen-bond donors (Lipinski definition) is 1. The maximum Gasteiger partial charge on any atom is 0.387 e. The third-order valence-corrected chi connectivity index (χ3v) is 3.74. The van der Waals surface area contributed by atoms with Gasteiger partial charge < -0.3 is 10.1 Å². The number of alkyl halides is 2. The van der Waals surface area contributed by atoms with E-state index in [0.29, 0.717) is 18.5 Å². The van der Waals surface area contributed by atoms with Gasteiger partial charge in [-0.2, -0.15) is 8.78 Å². The van der Waals surface area contributed by atoms with Gasteiger partial charge in [-0.3, -0.25) is 0 Å². The van der Waals surface area contributed by atoms with Crippen LogP contribution < -0.4 is 10.1 Å². The van der Waals surface area contributed by atoms with Gasteiger partial charge in [0.15, 0.2) is 0 Å². The summed E-state index contributed by atoms with van der Waals surface area (Å²) in [5.74, 6) is 0.863. The van der Waals surface area contributed by atoms with E-state index in [9.17, 15) is 8.78 Å². The fraction of sp³-hybridized carbons (Fsp3) is 0.571. The minimum absolute atomic E-state index is 0.242. The second-order valence-electron chi connectivity index (χ2n) is 4.99. The molecule has 1 aromatic carbocycles. The average molecular weight is 255 g/mol. The van der Waals surface area contributed by atoms with Gasteiger partial charge >= 0.3 is 6.61 Å². The fourth-order valence-electron chi connectivity index (χ4n) is 2.29. The molecule has 0 bridgehead atoms. The minimum Gasteiger partial charge on any atom is -0.435 e. The molecule has 1 heterocycles. The standard InChI is InChI=1S/C14H19F2NO/c1-9-3-4-11-5-6-13(18-14(15)16)7-12(11)8-17-10(9)2/h5-7,9-10,14,17H,3-4,8H2,1-2H3. The van der Waals surface area contributed by atoms with E-state index in [1.165, 1.54) is 5.56 Å². The van der Waals surface area contributed by atoms with Crippen molar-refractivity contribution >= 4 is 0 Å². The van der Waals surface area contributed by atoms with Gasteiger partial charge in [-0.05, 0) is 48.9 Å². The van der Waals surface area contributed by atoms with Gasteiger partial charge in [0.2, 0.25) is 0 Å². The van der Waals surface area contributed by atoms with Crippen molar-refractivity contribution in [3.05, 3.63) is 29.3 Å². The Morgan fingerprint density at radius 3 is 2.78 bits per heavy atom. The van der Waals surface area contributed by atoms with Crippen molar-refractivity contribution in [3.63, 3.8) is 0 Å². The number of fused-ring (bicyclic) bond motifs is 1. The van der Waals surface area contributed by atoms with Gasteiger partial charge in [-0.15, -0.1) is 0 Å². The normalized spacial score (nSPS) is 24.3. The van der Waals surface area contributed by atoms with Crippen LogP contribution in [0.15, 0.2) is 18.2 Å². The molecule has 18 heavy (non-hydrogen) atoms. The van der Waals surface area contributed by atoms with Crippen LogP contribution in [0.3, 0.4) is 0 Å². The second-order valence-corrected chi connectivity index (χ2v) is 4.99. The third kappa shape index (κ3) is 3.19. The van der Waals surface area contributed by atoms with E-state index in [1.807, 2.05) is 6.07 Å². The van der Waals surface area contributed by atoms with Crippen molar-refractivity contribution in [1.82, 2.24) is 5.32 Å². The van der Waals surface area contributed by atoms with Crippen LogP contribution in [-0.2, 0) is 13.0 Å². The predicted molar refractivity (Wildman–Crippen MR) is 66.9 cm³/mol. The number of ether oxygens (including phenoxy) is 1. The third-order valence-electron chi connectivity index (χ3n) is 3.74. The van der Waals surface area contributed by atoms with Crippen molar-refractivity contribution in [2.24, 2.45) is 5.92 Å². The molecular weight excluding hydrogens is 236 g/mol. The first-order chi connectivity index (χ1) is 8.56. The molecule has 1 aliphatic heterocycles. The lowest BCUT2D eigenvalue weighted by molar-refractivity contribution is -0.0499. The Morgan fingerprint density at radius 2 is 2.06 bits per heavy atom. The van der Waals surface area contributed by atoms with E-state index in [1.54, 1.807) is 12.1 Å². The molecule has 0 saturated heterocycles. The average Bonchev–Trinajstić information content (AvgIpc) is 2.32. The largest absolute Gasteiger partial charge is 0.435 e. The molecule has 0 radical (unpaired) electrons. The lowest BCUT2D eigenvalue weighted by Crippen LogP contribution is -2.33. The Morgan fingerprint density at radius 1 is 1.28 bits per heavy atom. The highest BCUT2D eigenvalue weighted by atomic mass is 19.3. The van der Waals surface area contributed by atoms with Crippen LogP contribution in [0.4, 0.5) is 8.78 Å². The first kappa shape index (κ1) is 13.3. The number of benzene rings is 1. The summed E-state index contributed by atoms with van der Waals surface area (Å²) in [4.78, 5) is 0. The zero-order valence-electron chi connectivity index (χ0n) is 10.7. The van der Waals surface area contributed by atoms with Crippen molar-refractivity contribution < 1.29 is 13.5 Å². The summed E-state index contributed by atoms with van der Waals surface area (Å²) in [6.07, 6.45) is 2.10. The molecule has 2 nitrogen and oxygen atoms in total. The maximum absolute atomic E-state index is 12.2. The number of aryl methyl sites for hydroxylation is 1. The Balaban J connectivity index is 2.18. The summed E-state index contributed by atoms with van der Waals surface area (Å²) in [7, 11) is 0. The Labute approximate surface area is 106 Å². The summed E-state index contributed by atoms with van der Waals surface area (Å²) < 4.78 is 28.8. The van der Waals surface area contributed by atoms with E-state index >= 15 is 0 Å². The Bertz CT molecular complexity index is 409. The molecule has 0 amide bonds. The predicted octanol–water partition coefficient (Wildman–Crippen LogP) is 3.35. The smallest absolute Gasteiger partial charge is 0.387 e. The summed E-state index contributed by atoms with van der Waals surface area (Å²) >= 11 is 0. The van der Waals surface area contributed by atoms with E-state index in [0.717, 1.165) is 18.4 Å². The van der Waals surface area contributed by atoms with Crippen LogP contribution >= 0.6 is 0 Å². The first-order valence-corrected chi connectivity index (χ1v) is 6.36. The molecule has 0 saturated carbocycles. The van der Waals surface area contributed by atoms with E-state index < -0.39 is 6.61 Å². The number of halogens is 2. The van der Waals surface area contributed by atoms with Gasteiger partial charge in [-0.25, -0.2) is 0 Å². The van der Waals surface area contributed by atoms with Crippen LogP contribution in [0.5, 0.6) is 5.75 Å². The Hall–Kier alpha value is -1.16. The maximum atomic E-state index is 12.2. The monoisotopic (exact) mass is 255 g/mol. The highest BCUT2D eigenvalue weighted by Crippen LogP contribution is 2.24. The van der Waals surface area contributed by atoms with Gasteiger partial charge in [0.25, 0.3) is 0 Å². The molecule has 1 N–H and O–H groups in total. The lowest BCUT2D eigenvalue weighted by atomic mass is 9.91. The molecule has 100 valence electrons. The van der Waals surface area contributed by atoms with E-state index in [-0.39, 0.29) is 5.75 Å². The topological polar surface area (TPSA) is 21.3 Å². The molecule has 0 spiro atoms. The highest BCUT2D eigenvalue weighted by Gasteiger charge is 2.17. The van der Waals surface area contributed by atoms with Crippen molar-refractivity contribution in [2.45, 2.75) is 45.9 Å². The van der Waals surface area contributed by atoms with Crippen LogP contribution in [-0.4, -0.2) is 12.7 Å². The summed E-state index contributed by atoms with van der Waals surface area (Å²) in [5.41, 5.74) is 2.29. The molecule has 0 aromatic heterocycles. The van der Waals surface area contributed by atoms with Crippen molar-refractivity contribution in [2.75, 3.05) is 0 Å².